The highest BCUT2D eigenvalue weighted by atomic mass is 32.2. The van der Waals surface area contributed by atoms with Gasteiger partial charge in [0.25, 0.3) is 5.91 Å². The van der Waals surface area contributed by atoms with E-state index in [1.807, 2.05) is 18.2 Å². The highest BCUT2D eigenvalue weighted by Crippen LogP contribution is 2.19. The monoisotopic (exact) mass is 407 g/mol. The highest BCUT2D eigenvalue weighted by Gasteiger charge is 2.17. The summed E-state index contributed by atoms with van der Waals surface area (Å²) >= 11 is 0. The minimum Gasteiger partial charge on any atom is -0.351 e. The molecule has 1 N–H and O–H groups in total. The van der Waals surface area contributed by atoms with E-state index in [0.29, 0.717) is 17.7 Å². The van der Waals surface area contributed by atoms with Gasteiger partial charge in [0.15, 0.2) is 9.84 Å². The van der Waals surface area contributed by atoms with Crippen molar-refractivity contribution in [1.82, 2.24) is 5.32 Å². The average molecular weight is 408 g/mol. The van der Waals surface area contributed by atoms with E-state index in [1.54, 1.807) is 54.6 Å². The number of nitrogens with one attached hydrogen (secondary N) is 1. The molecule has 0 radical (unpaired) electrons. The van der Waals surface area contributed by atoms with Crippen LogP contribution >= 0.6 is 0 Å². The molecule has 0 saturated heterocycles. The lowest BCUT2D eigenvalue weighted by Crippen LogP contribution is -2.28. The SMILES string of the molecule is CCC(CNC(=O)c1cccc(CS(=O)(=O)c2ccccc2)c1)c1ccccc1. The summed E-state index contributed by atoms with van der Waals surface area (Å²) in [5.74, 6) is -0.0974. The first-order valence-corrected chi connectivity index (χ1v) is 11.3. The minimum atomic E-state index is -3.45. The number of hydrogen-bond acceptors (Lipinski definition) is 3. The maximum absolute atomic E-state index is 12.6. The summed E-state index contributed by atoms with van der Waals surface area (Å²) in [7, 11) is -3.45. The van der Waals surface area contributed by atoms with Crippen molar-refractivity contribution in [3.63, 3.8) is 0 Å². The Hall–Kier alpha value is -2.92. The van der Waals surface area contributed by atoms with E-state index < -0.39 is 9.84 Å². The van der Waals surface area contributed by atoms with Crippen LogP contribution in [0, 0.1) is 0 Å². The second kappa shape index (κ2) is 9.52. The Morgan fingerprint density at radius 3 is 2.21 bits per heavy atom. The maximum Gasteiger partial charge on any atom is 0.251 e. The van der Waals surface area contributed by atoms with Gasteiger partial charge < -0.3 is 5.32 Å². The van der Waals surface area contributed by atoms with Crippen LogP contribution in [0.3, 0.4) is 0 Å². The van der Waals surface area contributed by atoms with Crippen LogP contribution in [0.1, 0.15) is 40.7 Å². The number of hydrogen-bond donors (Lipinski definition) is 1. The molecule has 0 aliphatic heterocycles. The van der Waals surface area contributed by atoms with E-state index >= 15 is 0 Å². The lowest BCUT2D eigenvalue weighted by molar-refractivity contribution is 0.0950. The zero-order valence-corrected chi connectivity index (χ0v) is 17.2. The van der Waals surface area contributed by atoms with Gasteiger partial charge >= 0.3 is 0 Å². The molecule has 1 unspecified atom stereocenters. The van der Waals surface area contributed by atoms with Crippen LogP contribution in [0.5, 0.6) is 0 Å². The van der Waals surface area contributed by atoms with Crippen molar-refractivity contribution in [3.8, 4) is 0 Å². The van der Waals surface area contributed by atoms with Crippen molar-refractivity contribution in [2.45, 2.75) is 29.9 Å². The summed E-state index contributed by atoms with van der Waals surface area (Å²) in [5, 5.41) is 2.98. The normalized spacial score (nSPS) is 12.3. The quantitative estimate of drug-likeness (QED) is 0.594. The Labute approximate surface area is 172 Å². The standard InChI is InChI=1S/C24H25NO3S/c1-2-20(21-11-5-3-6-12-21)17-25-24(26)22-13-9-10-19(16-22)18-29(27,28)23-14-7-4-8-15-23/h3-16,20H,2,17-18H2,1H3,(H,25,26). The molecule has 0 aliphatic rings. The summed E-state index contributed by atoms with van der Waals surface area (Å²) in [4.78, 5) is 12.9. The van der Waals surface area contributed by atoms with Gasteiger partial charge in [-0.2, -0.15) is 0 Å². The molecule has 0 spiro atoms. The van der Waals surface area contributed by atoms with Gasteiger partial charge in [-0.3, -0.25) is 4.79 Å². The van der Waals surface area contributed by atoms with Gasteiger partial charge in [-0.15, -0.1) is 0 Å². The molecular formula is C24H25NO3S. The molecule has 3 rings (SSSR count). The molecule has 150 valence electrons. The molecule has 29 heavy (non-hydrogen) atoms. The molecule has 0 aromatic heterocycles. The fourth-order valence-corrected chi connectivity index (χ4v) is 4.63. The van der Waals surface area contributed by atoms with Crippen molar-refractivity contribution in [2.24, 2.45) is 0 Å². The molecule has 0 aliphatic carbocycles. The van der Waals surface area contributed by atoms with Crippen molar-refractivity contribution in [3.05, 3.63) is 102 Å². The predicted molar refractivity (Wildman–Crippen MR) is 116 cm³/mol. The van der Waals surface area contributed by atoms with Crippen LogP contribution < -0.4 is 5.32 Å². The van der Waals surface area contributed by atoms with Gasteiger partial charge in [-0.1, -0.05) is 67.6 Å². The summed E-state index contributed by atoms with van der Waals surface area (Å²) in [6.45, 7) is 2.63. The highest BCUT2D eigenvalue weighted by molar-refractivity contribution is 7.90. The van der Waals surface area contributed by atoms with Crippen LogP contribution in [-0.4, -0.2) is 20.9 Å². The van der Waals surface area contributed by atoms with E-state index in [2.05, 4.69) is 24.4 Å². The molecule has 4 nitrogen and oxygen atoms in total. The van der Waals surface area contributed by atoms with Crippen LogP contribution in [0.2, 0.25) is 0 Å². The fraction of sp³-hybridized carbons (Fsp3) is 0.208. The summed E-state index contributed by atoms with van der Waals surface area (Å²) < 4.78 is 25.2. The molecule has 0 heterocycles. The molecule has 3 aromatic rings. The lowest BCUT2D eigenvalue weighted by Gasteiger charge is -2.16. The van der Waals surface area contributed by atoms with Crippen molar-refractivity contribution in [1.29, 1.82) is 0 Å². The molecule has 0 saturated carbocycles. The predicted octanol–water partition coefficient (Wildman–Crippen LogP) is 4.58. The maximum atomic E-state index is 12.6. The molecule has 5 heteroatoms. The van der Waals surface area contributed by atoms with Crippen LogP contribution in [0.4, 0.5) is 0 Å². The number of benzene rings is 3. The van der Waals surface area contributed by atoms with Crippen LogP contribution in [0.25, 0.3) is 0 Å². The van der Waals surface area contributed by atoms with Gasteiger partial charge in [-0.05, 0) is 41.8 Å². The number of carbonyl (C=O) groups excluding carboxylic acids is 1. The molecule has 1 amide bonds. The van der Waals surface area contributed by atoms with Crippen LogP contribution in [0.15, 0.2) is 89.8 Å². The second-order valence-electron chi connectivity index (χ2n) is 7.00. The molecule has 0 bridgehead atoms. The van der Waals surface area contributed by atoms with E-state index in [0.717, 1.165) is 6.42 Å². The van der Waals surface area contributed by atoms with Crippen molar-refractivity contribution < 1.29 is 13.2 Å². The van der Waals surface area contributed by atoms with Gasteiger partial charge in [0.2, 0.25) is 0 Å². The largest absolute Gasteiger partial charge is 0.351 e. The zero-order valence-electron chi connectivity index (χ0n) is 16.4. The minimum absolute atomic E-state index is 0.139. The Balaban J connectivity index is 1.68. The lowest BCUT2D eigenvalue weighted by atomic mass is 9.96. The number of carbonyl (C=O) groups is 1. The molecular weight excluding hydrogens is 382 g/mol. The van der Waals surface area contributed by atoms with Gasteiger partial charge in [0, 0.05) is 18.0 Å². The van der Waals surface area contributed by atoms with Gasteiger partial charge in [0.1, 0.15) is 0 Å². The van der Waals surface area contributed by atoms with Gasteiger partial charge in [0.05, 0.1) is 10.6 Å². The Bertz CT molecular complexity index is 1050. The van der Waals surface area contributed by atoms with E-state index in [-0.39, 0.29) is 22.5 Å². The zero-order chi connectivity index (χ0) is 20.7. The smallest absolute Gasteiger partial charge is 0.251 e. The third-order valence-electron chi connectivity index (χ3n) is 4.92. The third kappa shape index (κ3) is 5.55. The Kier molecular flexibility index (Phi) is 6.83. The molecule has 0 fully saturated rings. The first-order valence-electron chi connectivity index (χ1n) is 9.69. The summed E-state index contributed by atoms with van der Waals surface area (Å²) in [6.07, 6.45) is 0.916. The van der Waals surface area contributed by atoms with Crippen molar-refractivity contribution >= 4 is 15.7 Å². The van der Waals surface area contributed by atoms with E-state index in [4.69, 9.17) is 0 Å². The Morgan fingerprint density at radius 1 is 0.897 bits per heavy atom. The van der Waals surface area contributed by atoms with Crippen LogP contribution in [-0.2, 0) is 15.6 Å². The first kappa shape index (κ1) is 20.8. The third-order valence-corrected chi connectivity index (χ3v) is 6.62. The summed E-state index contributed by atoms with van der Waals surface area (Å²) in [5.41, 5.74) is 2.25. The Morgan fingerprint density at radius 2 is 1.55 bits per heavy atom. The first-order chi connectivity index (χ1) is 14.0. The average Bonchev–Trinajstić information content (AvgIpc) is 2.75. The summed E-state index contributed by atoms with van der Waals surface area (Å²) in [6, 6.07) is 25.3. The van der Waals surface area contributed by atoms with Gasteiger partial charge in [-0.25, -0.2) is 8.42 Å². The van der Waals surface area contributed by atoms with E-state index in [1.165, 1.54) is 5.56 Å². The van der Waals surface area contributed by atoms with Crippen molar-refractivity contribution in [2.75, 3.05) is 6.54 Å². The fourth-order valence-electron chi connectivity index (χ4n) is 3.27. The van der Waals surface area contributed by atoms with E-state index in [9.17, 15) is 13.2 Å². The second-order valence-corrected chi connectivity index (χ2v) is 8.99. The topological polar surface area (TPSA) is 63.2 Å². The number of rotatable bonds is 8. The molecule has 1 atom stereocenters. The number of sulfone groups is 1. The molecule has 3 aromatic carbocycles. The number of amides is 1.